The molecule has 1 aliphatic carbocycles. The van der Waals surface area contributed by atoms with Crippen molar-refractivity contribution < 1.29 is 46.7 Å². The quantitative estimate of drug-likeness (QED) is 0.0276. The number of hydrogen-bond donors (Lipinski definition) is 3. The molecule has 2 fully saturated rings. The predicted molar refractivity (Wildman–Crippen MR) is 612 cm³/mol. The number of carbonyl (C=O) groups is 7. The molecule has 0 saturated carbocycles. The molecule has 5 atom stereocenters. The summed E-state index contributed by atoms with van der Waals surface area (Å²) in [4.78, 5) is 89.4. The van der Waals surface area contributed by atoms with Crippen LogP contribution in [0.25, 0.3) is 0 Å². The minimum atomic E-state index is -2.94. The molecule has 2 heterocycles. The standard InChI is InChI=1S/C16H29NOS.C16H30O3S.C14H27NOS.C14H29NOS.C14H27NOS.C13H27NS.C12H22OS.C11H24O2S2/c1-15(2,3)11-19-13-10-8-7-9-12(13)14(18)17-16(4,5)6;1-12(17)13(9-8-10-20-16(5,6)7)14(18)19-11-15(2,3)4;1-13(2,3)10-17-11-7-8-15(12(16)9-11)14(4,5)6;1-10(12(16)15-14(6,7)8)11(2)17-9-13(3,4)5;1-8-11(9-17-10-13(2,3)4)12(16)15-14(5,6)7;1-12(2,3)10-15-11-7-8-14(9-11)13(4,5)6;1-11(2,3)9-14-8-7-10(13)12(4,5)6;1-10(2,3)9-14-7-8-15(12,13)11(4,5)6/h7-11H2,1-6H3,(H,17,18);13H,8-11H2,1-7H3;11H,7-10H2,1-6H3;10-11H,9H2,1-8H3,(H,15,16);9H,8,10H2,1-7H3,(H,15,16);11H,7-10H2,1-6H3;7-8H,9H2,1-6H3;7-9H2,1-6H3. The highest BCUT2D eigenvalue weighted by molar-refractivity contribution is 8.03. The van der Waals surface area contributed by atoms with Gasteiger partial charge >= 0.3 is 5.97 Å². The van der Waals surface area contributed by atoms with Gasteiger partial charge in [-0.05, 0) is 290 Å². The molecule has 3 rings (SSSR count). The second kappa shape index (κ2) is 61.8. The summed E-state index contributed by atoms with van der Waals surface area (Å²) in [6.07, 6.45) is 11.5. The minimum Gasteiger partial charge on any atom is -0.465 e. The van der Waals surface area contributed by atoms with Gasteiger partial charge in [0.2, 0.25) is 23.6 Å². The Bertz CT molecular complexity index is 3570. The molecule has 0 aromatic carbocycles. The van der Waals surface area contributed by atoms with Gasteiger partial charge in [-0.3, -0.25) is 38.5 Å². The monoisotopic (exact) mass is 2050 g/mol. The Kier molecular flexibility index (Phi) is 65.1. The van der Waals surface area contributed by atoms with E-state index in [1.165, 1.54) is 43.5 Å². The van der Waals surface area contributed by atoms with Crippen LogP contribution < -0.4 is 16.0 Å². The van der Waals surface area contributed by atoms with Crippen LogP contribution in [0.2, 0.25) is 0 Å². The van der Waals surface area contributed by atoms with Crippen molar-refractivity contribution in [3.63, 3.8) is 0 Å². The summed E-state index contributed by atoms with van der Waals surface area (Å²) < 4.78 is 28.4. The van der Waals surface area contributed by atoms with Crippen molar-refractivity contribution in [1.29, 1.82) is 0 Å². The fraction of sp³-hybridized carbons (Fsp3) is 0.882. The Hall–Kier alpha value is -1.38. The Morgan fingerprint density at radius 3 is 1.35 bits per heavy atom. The lowest BCUT2D eigenvalue weighted by Gasteiger charge is -2.41. The number of rotatable bonds is 29. The molecule has 5 unspecified atom stereocenters. The lowest BCUT2D eigenvalue weighted by atomic mass is 9.91. The second-order valence-electron chi connectivity index (χ2n) is 54.7. The molecule has 0 aromatic heterocycles. The van der Waals surface area contributed by atoms with Crippen LogP contribution in [0.3, 0.4) is 0 Å². The first kappa shape index (κ1) is 141. The molecule has 2 saturated heterocycles. The van der Waals surface area contributed by atoms with Gasteiger partial charge in [-0.15, -0.1) is 35.3 Å². The average Bonchev–Trinajstić information content (AvgIpc) is 1.28. The van der Waals surface area contributed by atoms with E-state index in [9.17, 15) is 42.0 Å². The number of amides is 4. The van der Waals surface area contributed by atoms with Gasteiger partial charge in [0.25, 0.3) is 0 Å². The summed E-state index contributed by atoms with van der Waals surface area (Å²) in [6.45, 7) is 113. The van der Waals surface area contributed by atoms with Crippen LogP contribution in [-0.2, 0) is 48.1 Å². The number of esters is 1. The Labute approximate surface area is 864 Å². The molecule has 0 spiro atoms. The number of nitrogens with zero attached hydrogens (tertiary/aromatic N) is 2. The number of ketones is 2. The maximum absolute atomic E-state index is 12.4. The van der Waals surface area contributed by atoms with E-state index in [0.29, 0.717) is 73.2 Å². The fourth-order valence-corrected chi connectivity index (χ4v) is 21.8. The third-order valence-electron chi connectivity index (χ3n) is 19.1. The molecule has 0 radical (unpaired) electrons. The predicted octanol–water partition coefficient (Wildman–Crippen LogP) is 30.3. The van der Waals surface area contributed by atoms with E-state index in [1.54, 1.807) is 62.1 Å². The summed E-state index contributed by atoms with van der Waals surface area (Å²) >= 11 is 14.9. The van der Waals surface area contributed by atoms with Crippen molar-refractivity contribution in [2.45, 2.75) is 477 Å². The molecule has 3 aliphatic rings. The molecule has 134 heavy (non-hydrogen) atoms. The smallest absolute Gasteiger partial charge is 0.316 e. The number of ether oxygens (including phenoxy) is 1. The molecule has 15 nitrogen and oxygen atoms in total. The van der Waals surface area contributed by atoms with Crippen LogP contribution in [0.5, 0.6) is 0 Å². The van der Waals surface area contributed by atoms with Gasteiger partial charge in [-0.25, -0.2) is 8.42 Å². The summed E-state index contributed by atoms with van der Waals surface area (Å²) in [5.74, 6) is 9.50. The number of thioether (sulfide) groups is 8. The van der Waals surface area contributed by atoms with Crippen LogP contribution in [0.15, 0.2) is 32.9 Å². The first-order valence-corrected chi connectivity index (χ1v) is 59.8. The third-order valence-corrected chi connectivity index (χ3v) is 35.3. The van der Waals surface area contributed by atoms with Crippen LogP contribution in [0.4, 0.5) is 0 Å². The van der Waals surface area contributed by atoms with E-state index in [2.05, 4.69) is 247 Å². The highest BCUT2D eigenvalue weighted by Crippen LogP contribution is 2.39. The first-order valence-electron chi connectivity index (χ1n) is 49.8. The summed E-state index contributed by atoms with van der Waals surface area (Å²) in [6, 6.07) is 0. The normalized spacial score (nSPS) is 17.1. The zero-order valence-corrected chi connectivity index (χ0v) is 104. The van der Waals surface area contributed by atoms with Crippen LogP contribution in [0.1, 0.15) is 424 Å². The van der Waals surface area contributed by atoms with E-state index >= 15 is 0 Å². The number of sulfone groups is 1. The van der Waals surface area contributed by atoms with Gasteiger partial charge in [0, 0.05) is 113 Å². The number of nitrogens with one attached hydrogen (secondary N) is 3. The molecule has 24 heteroatoms. The molecule has 0 bridgehead atoms. The Balaban J connectivity index is -0.000000474. The maximum Gasteiger partial charge on any atom is 0.316 e. The van der Waals surface area contributed by atoms with Crippen LogP contribution >= 0.6 is 94.1 Å². The molecule has 4 amide bonds. The molecule has 0 aromatic rings. The van der Waals surface area contributed by atoms with Gasteiger partial charge in [0.05, 0.1) is 17.1 Å². The van der Waals surface area contributed by atoms with E-state index in [-0.39, 0.29) is 90.1 Å². The van der Waals surface area contributed by atoms with Gasteiger partial charge in [0.1, 0.15) is 11.7 Å². The van der Waals surface area contributed by atoms with Crippen molar-refractivity contribution in [1.82, 2.24) is 25.8 Å². The summed E-state index contributed by atoms with van der Waals surface area (Å²) in [5.41, 5.74) is 3.81. The Morgan fingerprint density at radius 2 is 0.963 bits per heavy atom. The number of hydrogen-bond acceptors (Lipinski definition) is 19. The van der Waals surface area contributed by atoms with Crippen molar-refractivity contribution in [3.05, 3.63) is 32.9 Å². The highest BCUT2D eigenvalue weighted by atomic mass is 32.2. The van der Waals surface area contributed by atoms with Crippen molar-refractivity contribution in [2.75, 3.05) is 83.8 Å². The van der Waals surface area contributed by atoms with Crippen LogP contribution in [0, 0.1) is 60.6 Å². The van der Waals surface area contributed by atoms with Gasteiger partial charge in [0.15, 0.2) is 15.6 Å². The van der Waals surface area contributed by atoms with Gasteiger partial charge < -0.3 is 25.6 Å². The van der Waals surface area contributed by atoms with Gasteiger partial charge in [-0.1, -0.05) is 228 Å². The number of likely N-dealkylation sites (tertiary alicyclic amines) is 2. The fourth-order valence-electron chi connectivity index (χ4n) is 11.2. The largest absolute Gasteiger partial charge is 0.465 e. The lowest BCUT2D eigenvalue weighted by Crippen LogP contribution is -2.50. The maximum atomic E-state index is 12.4. The number of Topliss-reactive ketones (excluding diaryl/α,β-unsaturated/α-hetero) is 1. The zero-order valence-electron chi connectivity index (χ0n) is 96.7. The number of piperidine rings is 1. The first-order chi connectivity index (χ1) is 59.3. The van der Waals surface area contributed by atoms with Crippen molar-refractivity contribution in [3.8, 4) is 0 Å². The van der Waals surface area contributed by atoms with Gasteiger partial charge in [-0.2, -0.15) is 58.8 Å². The van der Waals surface area contributed by atoms with Crippen molar-refractivity contribution >= 4 is 145 Å². The van der Waals surface area contributed by atoms with E-state index in [4.69, 9.17) is 4.74 Å². The van der Waals surface area contributed by atoms with E-state index < -0.39 is 20.5 Å². The molecule has 794 valence electrons. The molecular formula is C110H215N5O10S9. The summed E-state index contributed by atoms with van der Waals surface area (Å²) in [7, 11) is -2.94. The van der Waals surface area contributed by atoms with E-state index in [0.717, 1.165) is 108 Å². The Morgan fingerprint density at radius 1 is 0.515 bits per heavy atom. The second-order valence-corrected chi connectivity index (χ2v) is 67.4. The SMILES string of the molecule is CC(=O)C(CCCSC(C)(C)C)C(=O)OCC(C)(C)C.CC(C)(C)CSC1=C(C(=O)NC(C)(C)C)CCCC1.CC(C)(C)CSC1CCN(C(C)(C)C)C(=O)C1.CC(C)(C)CSC1CCN(C(C)(C)C)C1.CC(C)(C)CSC=CC(=O)C(C)(C)C.CC(C)(C)CSCCS(=O)(=O)C(C)(C)C.CC(SCC(C)(C)C)C(C)C(=O)NC(C)(C)C.CCC(=CSCC(C)(C)C)C(=O)NC(C)(C)C. The van der Waals surface area contributed by atoms with E-state index in [1.807, 2.05) is 180 Å². The minimum absolute atomic E-state index is 0.0171. The average molecular weight is 2060 g/mol. The van der Waals surface area contributed by atoms with Crippen molar-refractivity contribution in [2.24, 2.45) is 60.6 Å². The number of allylic oxidation sites excluding steroid dienone is 2. The highest BCUT2D eigenvalue weighted by Gasteiger charge is 2.36. The third kappa shape index (κ3) is 84.0. The number of carbonyl (C=O) groups excluding carboxylic acids is 7. The molecule has 3 N–H and O–H groups in total. The topological polar surface area (TPSA) is 205 Å². The zero-order chi connectivity index (χ0) is 107. The lowest BCUT2D eigenvalue weighted by molar-refractivity contribution is -0.154. The molecular weight excluding hydrogens is 1840 g/mol. The van der Waals surface area contributed by atoms with Crippen LogP contribution in [-0.4, -0.2) is 196 Å². The summed E-state index contributed by atoms with van der Waals surface area (Å²) in [5, 5.41) is 14.8. The molecule has 2 aliphatic heterocycles.